The highest BCUT2D eigenvalue weighted by molar-refractivity contribution is 6.39. The summed E-state index contributed by atoms with van der Waals surface area (Å²) >= 11 is 12.1. The number of nitrogens with zero attached hydrogens (tertiary/aromatic N) is 1. The molecule has 2 aliphatic rings. The van der Waals surface area contributed by atoms with Crippen LogP contribution in [0.15, 0.2) is 18.2 Å². The number of piperidine rings is 1. The van der Waals surface area contributed by atoms with Crippen LogP contribution in [0.5, 0.6) is 0 Å². The van der Waals surface area contributed by atoms with Crippen molar-refractivity contribution in [1.82, 2.24) is 10.2 Å². The highest BCUT2D eigenvalue weighted by Crippen LogP contribution is 2.30. The van der Waals surface area contributed by atoms with Gasteiger partial charge in [-0.3, -0.25) is 4.79 Å². The second kappa shape index (κ2) is 7.18. The number of hydrogen-bond donors (Lipinski definition) is 2. The van der Waals surface area contributed by atoms with Crippen LogP contribution in [0, 0.1) is 11.8 Å². The van der Waals surface area contributed by atoms with Gasteiger partial charge in [-0.1, -0.05) is 29.3 Å². The molecule has 1 aromatic carbocycles. The van der Waals surface area contributed by atoms with E-state index in [1.165, 1.54) is 6.42 Å². The van der Waals surface area contributed by atoms with Gasteiger partial charge in [0.05, 0.1) is 15.7 Å². The van der Waals surface area contributed by atoms with Crippen LogP contribution < -0.4 is 10.6 Å². The maximum Gasteiger partial charge on any atom is 0.225 e. The Hall–Kier alpha value is -0.810. The molecule has 22 heavy (non-hydrogen) atoms. The topological polar surface area (TPSA) is 44.4 Å². The molecule has 0 aromatic heterocycles. The minimum Gasteiger partial charge on any atom is -0.324 e. The van der Waals surface area contributed by atoms with Crippen LogP contribution in [0.1, 0.15) is 12.8 Å². The van der Waals surface area contributed by atoms with E-state index in [1.807, 2.05) is 0 Å². The van der Waals surface area contributed by atoms with Gasteiger partial charge >= 0.3 is 0 Å². The molecule has 2 atom stereocenters. The molecule has 0 radical (unpaired) electrons. The summed E-state index contributed by atoms with van der Waals surface area (Å²) in [7, 11) is 0. The minimum atomic E-state index is -0.0401. The molecule has 4 nitrogen and oxygen atoms in total. The molecule has 2 fully saturated rings. The lowest BCUT2D eigenvalue weighted by atomic mass is 9.89. The summed E-state index contributed by atoms with van der Waals surface area (Å²) in [5, 5.41) is 7.22. The highest BCUT2D eigenvalue weighted by atomic mass is 35.5. The molecule has 1 amide bonds. The van der Waals surface area contributed by atoms with Crippen molar-refractivity contribution in [2.75, 3.05) is 38.0 Å². The molecule has 120 valence electrons. The molecule has 1 aromatic rings. The number of halogens is 2. The van der Waals surface area contributed by atoms with Gasteiger partial charge in [-0.15, -0.1) is 0 Å². The fourth-order valence-electron chi connectivity index (χ4n) is 3.39. The summed E-state index contributed by atoms with van der Waals surface area (Å²) in [6.07, 6.45) is 1.70. The van der Waals surface area contributed by atoms with Gasteiger partial charge < -0.3 is 15.5 Å². The van der Waals surface area contributed by atoms with Gasteiger partial charge in [-0.2, -0.15) is 0 Å². The van der Waals surface area contributed by atoms with Gasteiger partial charge in [0.1, 0.15) is 0 Å². The lowest BCUT2D eigenvalue weighted by molar-refractivity contribution is -0.116. The molecule has 3 rings (SSSR count). The zero-order valence-electron chi connectivity index (χ0n) is 12.4. The number of carbonyl (C=O) groups excluding carboxylic acids is 1. The first-order chi connectivity index (χ1) is 10.6. The fraction of sp³-hybridized carbons (Fsp3) is 0.562. The third-order valence-electron chi connectivity index (χ3n) is 4.67. The Labute approximate surface area is 141 Å². The molecule has 0 aliphatic carbocycles. The normalized spacial score (nSPS) is 25.0. The summed E-state index contributed by atoms with van der Waals surface area (Å²) < 4.78 is 0. The number of fused-ring (bicyclic) bond motifs is 1. The molecule has 0 saturated carbocycles. The molecule has 2 unspecified atom stereocenters. The third kappa shape index (κ3) is 3.74. The van der Waals surface area contributed by atoms with Gasteiger partial charge in [0.15, 0.2) is 0 Å². The molecular weight excluding hydrogens is 321 g/mol. The van der Waals surface area contributed by atoms with Crippen LogP contribution in [0.4, 0.5) is 5.69 Å². The average Bonchev–Trinajstić information content (AvgIpc) is 2.96. The van der Waals surface area contributed by atoms with Crippen molar-refractivity contribution in [2.45, 2.75) is 12.8 Å². The first-order valence-corrected chi connectivity index (χ1v) is 8.56. The van der Waals surface area contributed by atoms with Gasteiger partial charge in [0.25, 0.3) is 0 Å². The van der Waals surface area contributed by atoms with Crippen LogP contribution in [0.2, 0.25) is 10.0 Å². The second-order valence-corrected chi connectivity index (χ2v) is 6.98. The Morgan fingerprint density at radius 2 is 2.00 bits per heavy atom. The first kappa shape index (κ1) is 16.1. The van der Waals surface area contributed by atoms with E-state index in [0.717, 1.165) is 44.6 Å². The molecule has 2 aliphatic heterocycles. The van der Waals surface area contributed by atoms with Crippen molar-refractivity contribution in [3.05, 3.63) is 28.2 Å². The van der Waals surface area contributed by atoms with Crippen molar-refractivity contribution in [1.29, 1.82) is 0 Å². The van der Waals surface area contributed by atoms with E-state index in [0.29, 0.717) is 22.2 Å². The van der Waals surface area contributed by atoms with Crippen LogP contribution in [-0.2, 0) is 4.79 Å². The van der Waals surface area contributed by atoms with Crippen LogP contribution in [0.25, 0.3) is 0 Å². The van der Waals surface area contributed by atoms with Gasteiger partial charge in [0, 0.05) is 19.5 Å². The Kier molecular flexibility index (Phi) is 5.24. The van der Waals surface area contributed by atoms with Crippen molar-refractivity contribution in [3.63, 3.8) is 0 Å². The SMILES string of the molecule is O=C(CCN1CCC2CNCC2C1)Nc1c(Cl)cccc1Cl. The van der Waals surface area contributed by atoms with E-state index in [9.17, 15) is 4.79 Å². The van der Waals surface area contributed by atoms with Crippen molar-refractivity contribution in [3.8, 4) is 0 Å². The Morgan fingerprint density at radius 3 is 2.77 bits per heavy atom. The predicted octanol–water partition coefficient (Wildman–Crippen LogP) is 2.86. The fourth-order valence-corrected chi connectivity index (χ4v) is 3.88. The number of hydrogen-bond acceptors (Lipinski definition) is 3. The number of rotatable bonds is 4. The van der Waals surface area contributed by atoms with E-state index < -0.39 is 0 Å². The van der Waals surface area contributed by atoms with E-state index in [-0.39, 0.29) is 5.91 Å². The molecule has 0 bridgehead atoms. The average molecular weight is 342 g/mol. The monoisotopic (exact) mass is 341 g/mol. The lowest BCUT2D eigenvalue weighted by Crippen LogP contribution is -2.41. The predicted molar refractivity (Wildman–Crippen MR) is 90.6 cm³/mol. The maximum atomic E-state index is 12.1. The summed E-state index contributed by atoms with van der Waals surface area (Å²) in [5.41, 5.74) is 0.509. The van der Waals surface area contributed by atoms with Gasteiger partial charge in [-0.05, 0) is 50.0 Å². The summed E-state index contributed by atoms with van der Waals surface area (Å²) in [4.78, 5) is 14.5. The molecule has 2 heterocycles. The molecule has 0 spiro atoms. The quantitative estimate of drug-likeness (QED) is 0.884. The summed E-state index contributed by atoms with van der Waals surface area (Å²) in [6, 6.07) is 5.21. The third-order valence-corrected chi connectivity index (χ3v) is 5.30. The first-order valence-electron chi connectivity index (χ1n) is 7.80. The van der Waals surface area contributed by atoms with Gasteiger partial charge in [0.2, 0.25) is 5.91 Å². The van der Waals surface area contributed by atoms with E-state index in [1.54, 1.807) is 18.2 Å². The Morgan fingerprint density at radius 1 is 1.27 bits per heavy atom. The largest absolute Gasteiger partial charge is 0.324 e. The second-order valence-electron chi connectivity index (χ2n) is 6.16. The van der Waals surface area contributed by atoms with Crippen molar-refractivity contribution in [2.24, 2.45) is 11.8 Å². The van der Waals surface area contributed by atoms with Crippen LogP contribution in [0.3, 0.4) is 0 Å². The number of carbonyl (C=O) groups is 1. The summed E-state index contributed by atoms with van der Waals surface area (Å²) in [5.74, 6) is 1.53. The zero-order valence-corrected chi connectivity index (χ0v) is 14.0. The van der Waals surface area contributed by atoms with Crippen LogP contribution in [-0.4, -0.2) is 43.5 Å². The number of benzene rings is 1. The molecule has 6 heteroatoms. The number of amides is 1. The number of likely N-dealkylation sites (tertiary alicyclic amines) is 1. The Bertz CT molecular complexity index is 532. The molecular formula is C16H21Cl2N3O. The van der Waals surface area contributed by atoms with Crippen molar-refractivity contribution >= 4 is 34.8 Å². The minimum absolute atomic E-state index is 0.0401. The van der Waals surface area contributed by atoms with E-state index in [2.05, 4.69) is 15.5 Å². The smallest absolute Gasteiger partial charge is 0.225 e. The standard InChI is InChI=1S/C16H21Cl2N3O/c17-13-2-1-3-14(18)16(13)20-15(22)5-7-21-6-4-11-8-19-9-12(11)10-21/h1-3,11-12,19H,4-10H2,(H,20,22). The van der Waals surface area contributed by atoms with Gasteiger partial charge in [-0.25, -0.2) is 0 Å². The zero-order chi connectivity index (χ0) is 15.5. The number of anilines is 1. The summed E-state index contributed by atoms with van der Waals surface area (Å²) in [6.45, 7) is 5.24. The maximum absolute atomic E-state index is 12.1. The van der Waals surface area contributed by atoms with E-state index >= 15 is 0 Å². The Balaban J connectivity index is 1.48. The lowest BCUT2D eigenvalue weighted by Gasteiger charge is -2.34. The molecule has 2 N–H and O–H groups in total. The van der Waals surface area contributed by atoms with Crippen LogP contribution >= 0.6 is 23.2 Å². The number of para-hydroxylation sites is 1. The van der Waals surface area contributed by atoms with Crippen molar-refractivity contribution < 1.29 is 4.79 Å². The number of nitrogens with one attached hydrogen (secondary N) is 2. The van der Waals surface area contributed by atoms with E-state index in [4.69, 9.17) is 23.2 Å². The molecule has 2 saturated heterocycles. The highest BCUT2D eigenvalue weighted by Gasteiger charge is 2.32.